The third kappa shape index (κ3) is 5.18. The Hall–Kier alpha value is -2.19. The number of aliphatic hydroxyl groups is 1. The van der Waals surface area contributed by atoms with E-state index in [9.17, 15) is 19.5 Å². The van der Waals surface area contributed by atoms with Crippen LogP contribution in [0.2, 0.25) is 0 Å². The van der Waals surface area contributed by atoms with Crippen molar-refractivity contribution in [2.75, 3.05) is 26.3 Å². The highest BCUT2D eigenvalue weighted by Gasteiger charge is 2.80. The SMILES string of the molecule is C=CCCCOC(=O)[C@H]1[C@H]2C(=O)N([C@@H](CO)CC(C)C)C(C(=O)N(CC=C)CCCC)C23CC(C)[C@]1(C)O3. The van der Waals surface area contributed by atoms with Gasteiger partial charge >= 0.3 is 5.97 Å². The maximum atomic E-state index is 14.4. The summed E-state index contributed by atoms with van der Waals surface area (Å²) in [4.78, 5) is 45.6. The number of carbonyl (C=O) groups is 3. The molecular weight excluding hydrogens is 484 g/mol. The van der Waals surface area contributed by atoms with Crippen LogP contribution in [0, 0.1) is 23.7 Å². The molecule has 7 atom stereocenters. The predicted octanol–water partition coefficient (Wildman–Crippen LogP) is 3.73. The molecule has 0 aliphatic carbocycles. The van der Waals surface area contributed by atoms with E-state index in [0.29, 0.717) is 32.4 Å². The van der Waals surface area contributed by atoms with Gasteiger partial charge in [0.15, 0.2) is 0 Å². The van der Waals surface area contributed by atoms with Crippen molar-refractivity contribution in [3.8, 4) is 0 Å². The van der Waals surface area contributed by atoms with Crippen molar-refractivity contribution in [2.45, 2.75) is 96.4 Å². The van der Waals surface area contributed by atoms with Crippen LogP contribution in [0.1, 0.15) is 73.1 Å². The zero-order chi connectivity index (χ0) is 28.3. The predicted molar refractivity (Wildman–Crippen MR) is 146 cm³/mol. The Labute approximate surface area is 228 Å². The third-order valence-electron chi connectivity index (χ3n) is 8.83. The molecule has 0 aromatic heterocycles. The molecule has 214 valence electrons. The lowest BCUT2D eigenvalue weighted by Gasteiger charge is -2.40. The van der Waals surface area contributed by atoms with Gasteiger partial charge in [0, 0.05) is 13.1 Å². The van der Waals surface area contributed by atoms with Gasteiger partial charge in [-0.15, -0.1) is 13.2 Å². The second-order valence-corrected chi connectivity index (χ2v) is 11.9. The molecule has 3 fully saturated rings. The average Bonchev–Trinajstić information content (AvgIpc) is 3.39. The summed E-state index contributed by atoms with van der Waals surface area (Å²) in [5.74, 6) is -2.46. The van der Waals surface area contributed by atoms with Gasteiger partial charge in [0.1, 0.15) is 17.6 Å². The van der Waals surface area contributed by atoms with Crippen LogP contribution in [0.4, 0.5) is 0 Å². The molecule has 2 amide bonds. The minimum absolute atomic E-state index is 0.0614. The monoisotopic (exact) mass is 532 g/mol. The van der Waals surface area contributed by atoms with Gasteiger partial charge in [-0.2, -0.15) is 0 Å². The smallest absolute Gasteiger partial charge is 0.312 e. The van der Waals surface area contributed by atoms with E-state index in [1.54, 1.807) is 22.0 Å². The second kappa shape index (κ2) is 12.3. The summed E-state index contributed by atoms with van der Waals surface area (Å²) in [7, 11) is 0. The molecule has 2 bridgehead atoms. The second-order valence-electron chi connectivity index (χ2n) is 11.9. The molecule has 3 heterocycles. The summed E-state index contributed by atoms with van der Waals surface area (Å²) < 4.78 is 12.5. The van der Waals surface area contributed by atoms with Crippen molar-refractivity contribution >= 4 is 17.8 Å². The maximum absolute atomic E-state index is 14.4. The quantitative estimate of drug-likeness (QED) is 0.196. The van der Waals surface area contributed by atoms with Gasteiger partial charge in [-0.25, -0.2) is 0 Å². The molecule has 3 saturated heterocycles. The van der Waals surface area contributed by atoms with E-state index in [1.807, 2.05) is 27.7 Å². The van der Waals surface area contributed by atoms with E-state index in [1.165, 1.54) is 0 Å². The highest BCUT2D eigenvalue weighted by molar-refractivity contribution is 5.98. The van der Waals surface area contributed by atoms with E-state index < -0.39 is 41.1 Å². The highest BCUT2D eigenvalue weighted by atomic mass is 16.6. The van der Waals surface area contributed by atoms with Gasteiger partial charge in [-0.05, 0) is 50.9 Å². The lowest BCUT2D eigenvalue weighted by Crippen LogP contribution is -2.59. The Morgan fingerprint density at radius 2 is 2.00 bits per heavy atom. The van der Waals surface area contributed by atoms with Crippen LogP contribution >= 0.6 is 0 Å². The number of hydrogen-bond donors (Lipinski definition) is 1. The summed E-state index contributed by atoms with van der Waals surface area (Å²) in [5, 5.41) is 10.4. The van der Waals surface area contributed by atoms with Crippen LogP contribution in [-0.4, -0.2) is 82.3 Å². The zero-order valence-corrected chi connectivity index (χ0v) is 24.0. The zero-order valence-electron chi connectivity index (χ0n) is 24.0. The Morgan fingerprint density at radius 3 is 2.58 bits per heavy atom. The largest absolute Gasteiger partial charge is 0.465 e. The number of allylic oxidation sites excluding steroid dienone is 1. The Morgan fingerprint density at radius 1 is 1.29 bits per heavy atom. The molecule has 3 rings (SSSR count). The maximum Gasteiger partial charge on any atom is 0.312 e. The van der Waals surface area contributed by atoms with Gasteiger partial charge in [-0.3, -0.25) is 14.4 Å². The van der Waals surface area contributed by atoms with Crippen LogP contribution in [-0.2, 0) is 23.9 Å². The first kappa shape index (κ1) is 30.4. The van der Waals surface area contributed by atoms with Crippen molar-refractivity contribution < 1.29 is 29.0 Å². The minimum Gasteiger partial charge on any atom is -0.465 e. The van der Waals surface area contributed by atoms with E-state index in [-0.39, 0.29) is 36.9 Å². The summed E-state index contributed by atoms with van der Waals surface area (Å²) in [6.07, 6.45) is 7.61. The number of nitrogens with zero attached hydrogens (tertiary/aromatic N) is 2. The molecule has 3 unspecified atom stereocenters. The molecule has 0 aromatic rings. The molecule has 8 nitrogen and oxygen atoms in total. The number of amides is 2. The van der Waals surface area contributed by atoms with E-state index in [2.05, 4.69) is 20.1 Å². The van der Waals surface area contributed by atoms with E-state index >= 15 is 0 Å². The molecule has 0 aromatic carbocycles. The molecule has 3 aliphatic heterocycles. The van der Waals surface area contributed by atoms with Gasteiger partial charge in [-0.1, -0.05) is 46.3 Å². The van der Waals surface area contributed by atoms with Crippen LogP contribution in [0.15, 0.2) is 25.3 Å². The number of carbonyl (C=O) groups excluding carboxylic acids is 3. The number of fused-ring (bicyclic) bond motifs is 1. The summed E-state index contributed by atoms with van der Waals surface area (Å²) in [5.41, 5.74) is -2.07. The topological polar surface area (TPSA) is 96.4 Å². The summed E-state index contributed by atoms with van der Waals surface area (Å²) in [6.45, 7) is 18.4. The molecule has 3 aliphatic rings. The van der Waals surface area contributed by atoms with Gasteiger partial charge in [0.2, 0.25) is 11.8 Å². The first-order valence-corrected chi connectivity index (χ1v) is 14.3. The first-order chi connectivity index (χ1) is 18.0. The van der Waals surface area contributed by atoms with Crippen LogP contribution in [0.5, 0.6) is 0 Å². The molecule has 1 spiro atoms. The van der Waals surface area contributed by atoms with Crippen LogP contribution in [0.3, 0.4) is 0 Å². The van der Waals surface area contributed by atoms with Crippen molar-refractivity contribution in [3.05, 3.63) is 25.3 Å². The normalized spacial score (nSPS) is 32.4. The van der Waals surface area contributed by atoms with Crippen molar-refractivity contribution in [1.29, 1.82) is 0 Å². The van der Waals surface area contributed by atoms with Crippen molar-refractivity contribution in [2.24, 2.45) is 23.7 Å². The summed E-state index contributed by atoms with van der Waals surface area (Å²) in [6, 6.07) is -1.47. The van der Waals surface area contributed by atoms with Gasteiger partial charge in [0.05, 0.1) is 30.8 Å². The molecule has 0 radical (unpaired) electrons. The Bertz CT molecular complexity index is 905. The van der Waals surface area contributed by atoms with E-state index in [0.717, 1.165) is 19.3 Å². The fourth-order valence-corrected chi connectivity index (χ4v) is 6.99. The van der Waals surface area contributed by atoms with Crippen LogP contribution in [0.25, 0.3) is 0 Å². The van der Waals surface area contributed by atoms with Crippen LogP contribution < -0.4 is 0 Å². The molecule has 38 heavy (non-hydrogen) atoms. The Kier molecular flexibility index (Phi) is 9.85. The highest BCUT2D eigenvalue weighted by Crippen LogP contribution is 2.65. The fourth-order valence-electron chi connectivity index (χ4n) is 6.99. The number of ether oxygens (including phenoxy) is 2. The standard InChI is InChI=1S/C30H48N2O6/c1-8-11-13-16-37-28(36)24-23-26(34)32(22(19-33)17-20(4)5)25(27(35)31(14-10-3)15-12-9-2)30(23)18-21(6)29(24,7)38-30/h8,10,20-25,33H,1,3,9,11-19H2,2,4-7H3/t21?,22-,23+,24-,25?,29+,30?/m1/s1. The number of unbranched alkanes of at least 4 members (excludes halogenated alkanes) is 2. The van der Waals surface area contributed by atoms with Crippen molar-refractivity contribution in [1.82, 2.24) is 9.80 Å². The fraction of sp³-hybridized carbons (Fsp3) is 0.767. The minimum atomic E-state index is -1.15. The van der Waals surface area contributed by atoms with Gasteiger partial charge < -0.3 is 24.4 Å². The lowest BCUT2D eigenvalue weighted by molar-refractivity contribution is -0.164. The number of rotatable bonds is 15. The lowest BCUT2D eigenvalue weighted by atomic mass is 9.62. The molecular formula is C30H48N2O6. The van der Waals surface area contributed by atoms with E-state index in [4.69, 9.17) is 9.47 Å². The molecule has 1 N–H and O–H groups in total. The summed E-state index contributed by atoms with van der Waals surface area (Å²) >= 11 is 0. The Balaban J connectivity index is 2.09. The number of aliphatic hydroxyl groups excluding tert-OH is 1. The number of hydrogen-bond acceptors (Lipinski definition) is 6. The molecule has 0 saturated carbocycles. The number of likely N-dealkylation sites (tertiary alicyclic amines) is 1. The third-order valence-corrected chi connectivity index (χ3v) is 8.83. The van der Waals surface area contributed by atoms with Crippen molar-refractivity contribution in [3.63, 3.8) is 0 Å². The number of esters is 1. The van der Waals surface area contributed by atoms with Gasteiger partial charge in [0.25, 0.3) is 0 Å². The first-order valence-electron chi connectivity index (χ1n) is 14.3. The average molecular weight is 533 g/mol. The molecule has 8 heteroatoms.